The molecule has 1 aromatic rings. The molecule has 2 fully saturated rings. The van der Waals surface area contributed by atoms with Gasteiger partial charge in [-0.05, 0) is 51.1 Å². The predicted molar refractivity (Wildman–Crippen MR) is 80.3 cm³/mol. The highest BCUT2D eigenvalue weighted by molar-refractivity contribution is 4.90. The maximum Gasteiger partial charge on any atom is 0.343 e. The third kappa shape index (κ3) is 3.55. The van der Waals surface area contributed by atoms with Crippen LogP contribution in [0.1, 0.15) is 32.0 Å². The Kier molecular flexibility index (Phi) is 4.75. The van der Waals surface area contributed by atoms with Crippen molar-refractivity contribution in [1.29, 1.82) is 0 Å². The van der Waals surface area contributed by atoms with Gasteiger partial charge in [-0.25, -0.2) is 9.89 Å². The predicted octanol–water partition coefficient (Wildman–Crippen LogP) is 0.882. The third-order valence-corrected chi connectivity index (χ3v) is 4.87. The molecule has 0 saturated carbocycles. The molecule has 3 rings (SSSR count). The lowest BCUT2D eigenvalue weighted by atomic mass is 9.92. The molecule has 0 spiro atoms. The highest BCUT2D eigenvalue weighted by atomic mass is 16.5. The first-order valence-corrected chi connectivity index (χ1v) is 8.20. The molecule has 3 heterocycles. The van der Waals surface area contributed by atoms with E-state index in [0.29, 0.717) is 12.5 Å². The van der Waals surface area contributed by atoms with E-state index in [2.05, 4.69) is 15.1 Å². The molecule has 118 valence electrons. The van der Waals surface area contributed by atoms with Crippen LogP contribution in [0.4, 0.5) is 0 Å². The van der Waals surface area contributed by atoms with Crippen LogP contribution in [0.2, 0.25) is 0 Å². The van der Waals surface area contributed by atoms with Crippen LogP contribution in [-0.2, 0) is 17.7 Å². The largest absolute Gasteiger partial charge is 0.381 e. The smallest absolute Gasteiger partial charge is 0.343 e. The van der Waals surface area contributed by atoms with Gasteiger partial charge in [0.1, 0.15) is 5.82 Å². The molecule has 1 aromatic heterocycles. The van der Waals surface area contributed by atoms with Crippen LogP contribution in [0.5, 0.6) is 0 Å². The van der Waals surface area contributed by atoms with Crippen molar-refractivity contribution in [2.75, 3.05) is 32.8 Å². The lowest BCUT2D eigenvalue weighted by Gasteiger charge is -2.33. The summed E-state index contributed by atoms with van der Waals surface area (Å²) < 4.78 is 7.21. The fourth-order valence-electron chi connectivity index (χ4n) is 3.56. The molecule has 6 heteroatoms. The van der Waals surface area contributed by atoms with Crippen molar-refractivity contribution >= 4 is 0 Å². The molecule has 2 saturated heterocycles. The van der Waals surface area contributed by atoms with Crippen LogP contribution < -0.4 is 5.69 Å². The van der Waals surface area contributed by atoms with Crippen LogP contribution >= 0.6 is 0 Å². The van der Waals surface area contributed by atoms with E-state index in [1.165, 1.54) is 38.9 Å². The van der Waals surface area contributed by atoms with Crippen LogP contribution in [0.25, 0.3) is 0 Å². The molecule has 1 unspecified atom stereocenters. The number of aromatic amines is 1. The van der Waals surface area contributed by atoms with Gasteiger partial charge in [0.25, 0.3) is 0 Å². The Morgan fingerprint density at radius 1 is 1.29 bits per heavy atom. The second kappa shape index (κ2) is 6.75. The molecule has 0 aliphatic carbocycles. The maximum atomic E-state index is 11.6. The van der Waals surface area contributed by atoms with Crippen molar-refractivity contribution in [3.05, 3.63) is 16.3 Å². The molecule has 2 aliphatic rings. The van der Waals surface area contributed by atoms with Gasteiger partial charge in [0, 0.05) is 26.1 Å². The minimum Gasteiger partial charge on any atom is -0.381 e. The average molecular weight is 294 g/mol. The number of hydrogen-bond donors (Lipinski definition) is 1. The first kappa shape index (κ1) is 14.8. The molecule has 0 amide bonds. The summed E-state index contributed by atoms with van der Waals surface area (Å²) in [6.07, 6.45) is 4.56. The van der Waals surface area contributed by atoms with Crippen molar-refractivity contribution in [3.8, 4) is 0 Å². The number of likely N-dealkylation sites (tertiary alicyclic amines) is 1. The van der Waals surface area contributed by atoms with Gasteiger partial charge < -0.3 is 9.64 Å². The van der Waals surface area contributed by atoms with Gasteiger partial charge in [-0.1, -0.05) is 0 Å². The van der Waals surface area contributed by atoms with Gasteiger partial charge in [-0.15, -0.1) is 0 Å². The van der Waals surface area contributed by atoms with Crippen LogP contribution in [0.15, 0.2) is 4.79 Å². The normalized spacial score (nSPS) is 24.7. The Morgan fingerprint density at radius 2 is 2.10 bits per heavy atom. The van der Waals surface area contributed by atoms with Gasteiger partial charge in [-0.3, -0.25) is 4.57 Å². The molecule has 1 N–H and O–H groups in total. The SMILES string of the molecule is CCn1c(CC2CCN(CC3CCOC3)CC2)n[nH]c1=O. The number of nitrogens with zero attached hydrogens (tertiary/aromatic N) is 3. The Balaban J connectivity index is 1.48. The summed E-state index contributed by atoms with van der Waals surface area (Å²) in [4.78, 5) is 14.2. The number of nitrogens with one attached hydrogen (secondary N) is 1. The standard InChI is InChI=1S/C15H26N4O2/c1-2-19-14(16-17-15(19)20)9-12-3-6-18(7-4-12)10-13-5-8-21-11-13/h12-13H,2-11H2,1H3,(H,17,20). The minimum atomic E-state index is -0.0776. The molecule has 21 heavy (non-hydrogen) atoms. The van der Waals surface area contributed by atoms with E-state index in [4.69, 9.17) is 4.74 Å². The number of hydrogen-bond acceptors (Lipinski definition) is 4. The average Bonchev–Trinajstić information content (AvgIpc) is 3.11. The van der Waals surface area contributed by atoms with E-state index in [0.717, 1.165) is 31.4 Å². The van der Waals surface area contributed by atoms with E-state index in [-0.39, 0.29) is 5.69 Å². The summed E-state index contributed by atoms with van der Waals surface area (Å²) in [6, 6.07) is 0. The first-order chi connectivity index (χ1) is 10.3. The number of H-pyrrole nitrogens is 1. The minimum absolute atomic E-state index is 0.0776. The zero-order valence-electron chi connectivity index (χ0n) is 12.9. The molecular formula is C15H26N4O2. The van der Waals surface area contributed by atoms with Crippen LogP contribution in [-0.4, -0.2) is 52.5 Å². The number of aromatic nitrogens is 3. The summed E-state index contributed by atoms with van der Waals surface area (Å²) in [6.45, 7) is 8.10. The summed E-state index contributed by atoms with van der Waals surface area (Å²) in [5.41, 5.74) is -0.0776. The van der Waals surface area contributed by atoms with Gasteiger partial charge in [0.15, 0.2) is 0 Å². The van der Waals surface area contributed by atoms with Gasteiger partial charge in [-0.2, -0.15) is 5.10 Å². The van der Waals surface area contributed by atoms with Crippen molar-refractivity contribution in [2.45, 2.75) is 39.2 Å². The summed E-state index contributed by atoms with van der Waals surface area (Å²) in [5.74, 6) is 2.31. The zero-order chi connectivity index (χ0) is 14.7. The van der Waals surface area contributed by atoms with E-state index in [1.807, 2.05) is 6.92 Å². The lowest BCUT2D eigenvalue weighted by molar-refractivity contribution is 0.140. The maximum absolute atomic E-state index is 11.6. The molecular weight excluding hydrogens is 268 g/mol. The highest BCUT2D eigenvalue weighted by Gasteiger charge is 2.25. The number of rotatable bonds is 5. The van der Waals surface area contributed by atoms with Gasteiger partial charge in [0.2, 0.25) is 0 Å². The number of piperidine rings is 1. The fraction of sp³-hybridized carbons (Fsp3) is 0.867. The van der Waals surface area contributed by atoms with Crippen molar-refractivity contribution < 1.29 is 4.74 Å². The van der Waals surface area contributed by atoms with E-state index < -0.39 is 0 Å². The molecule has 1 atom stereocenters. The van der Waals surface area contributed by atoms with Crippen LogP contribution in [0.3, 0.4) is 0 Å². The summed E-state index contributed by atoms with van der Waals surface area (Å²) >= 11 is 0. The molecule has 0 radical (unpaired) electrons. The topological polar surface area (TPSA) is 63.1 Å². The molecule has 6 nitrogen and oxygen atoms in total. The second-order valence-electron chi connectivity index (χ2n) is 6.37. The fourth-order valence-corrected chi connectivity index (χ4v) is 3.56. The third-order valence-electron chi connectivity index (χ3n) is 4.87. The van der Waals surface area contributed by atoms with Crippen molar-refractivity contribution in [2.24, 2.45) is 11.8 Å². The first-order valence-electron chi connectivity index (χ1n) is 8.20. The second-order valence-corrected chi connectivity index (χ2v) is 6.37. The monoisotopic (exact) mass is 294 g/mol. The summed E-state index contributed by atoms with van der Waals surface area (Å²) in [5, 5.41) is 6.75. The van der Waals surface area contributed by atoms with E-state index in [1.54, 1.807) is 4.57 Å². The van der Waals surface area contributed by atoms with E-state index in [9.17, 15) is 4.79 Å². The molecule has 0 aromatic carbocycles. The van der Waals surface area contributed by atoms with E-state index >= 15 is 0 Å². The molecule has 0 bridgehead atoms. The molecule has 2 aliphatic heterocycles. The van der Waals surface area contributed by atoms with Crippen molar-refractivity contribution in [1.82, 2.24) is 19.7 Å². The highest BCUT2D eigenvalue weighted by Crippen LogP contribution is 2.23. The lowest BCUT2D eigenvalue weighted by Crippen LogP contribution is -2.38. The van der Waals surface area contributed by atoms with Crippen LogP contribution in [0, 0.1) is 11.8 Å². The Morgan fingerprint density at radius 3 is 2.76 bits per heavy atom. The quantitative estimate of drug-likeness (QED) is 0.876. The Labute approximate surface area is 125 Å². The zero-order valence-corrected chi connectivity index (χ0v) is 12.9. The Hall–Kier alpha value is -1.14. The van der Waals surface area contributed by atoms with Crippen molar-refractivity contribution in [3.63, 3.8) is 0 Å². The van der Waals surface area contributed by atoms with Gasteiger partial charge >= 0.3 is 5.69 Å². The number of ether oxygens (including phenoxy) is 1. The van der Waals surface area contributed by atoms with Gasteiger partial charge in [0.05, 0.1) is 6.61 Å². The summed E-state index contributed by atoms with van der Waals surface area (Å²) in [7, 11) is 0. The Bertz CT molecular complexity index is 496.